The molecule has 9 nitrogen and oxygen atoms in total. The maximum Gasteiger partial charge on any atom is 0.244 e. The summed E-state index contributed by atoms with van der Waals surface area (Å²) < 4.78 is 29.1. The van der Waals surface area contributed by atoms with Gasteiger partial charge in [0, 0.05) is 32.5 Å². The molecule has 3 N–H and O–H groups in total. The molecule has 0 aliphatic heterocycles. The fourth-order valence-corrected chi connectivity index (χ4v) is 5.48. The van der Waals surface area contributed by atoms with Crippen molar-refractivity contribution < 1.29 is 18.0 Å². The minimum atomic E-state index is -3.60. The highest BCUT2D eigenvalue weighted by molar-refractivity contribution is 7.89. The first-order valence-corrected chi connectivity index (χ1v) is 12.8. The summed E-state index contributed by atoms with van der Waals surface area (Å²) in [4.78, 5) is 29.3. The summed E-state index contributed by atoms with van der Waals surface area (Å²) in [7, 11) is -3.60. The zero-order valence-corrected chi connectivity index (χ0v) is 20.5. The largest absolute Gasteiger partial charge is 0.368 e. The van der Waals surface area contributed by atoms with Gasteiger partial charge in [0.15, 0.2) is 0 Å². The highest BCUT2D eigenvalue weighted by Gasteiger charge is 2.24. The second-order valence-corrected chi connectivity index (χ2v) is 9.76. The average Bonchev–Trinajstić information content (AvgIpc) is 3.18. The van der Waals surface area contributed by atoms with Gasteiger partial charge in [-0.2, -0.15) is 4.31 Å². The van der Waals surface area contributed by atoms with Crippen LogP contribution in [-0.4, -0.2) is 47.2 Å². The molecule has 0 aliphatic carbocycles. The fraction of sp³-hybridized carbons (Fsp3) is 0.375. The highest BCUT2D eigenvalue weighted by Crippen LogP contribution is 2.23. The van der Waals surface area contributed by atoms with Crippen LogP contribution in [0.5, 0.6) is 0 Å². The van der Waals surface area contributed by atoms with E-state index in [9.17, 15) is 18.0 Å². The summed E-state index contributed by atoms with van der Waals surface area (Å²) in [5, 5.41) is 2.69. The molecular formula is C24H31N5O4S. The highest BCUT2D eigenvalue weighted by atomic mass is 32.2. The molecule has 182 valence electrons. The summed E-state index contributed by atoms with van der Waals surface area (Å²) in [6.07, 6.45) is 0.428. The van der Waals surface area contributed by atoms with E-state index >= 15 is 0 Å². The molecule has 3 rings (SSSR count). The van der Waals surface area contributed by atoms with Gasteiger partial charge in [-0.3, -0.25) is 9.59 Å². The molecule has 0 radical (unpaired) electrons. The molecule has 1 atom stereocenters. The first-order chi connectivity index (χ1) is 16.2. The van der Waals surface area contributed by atoms with Gasteiger partial charge in [0.1, 0.15) is 11.9 Å². The molecule has 34 heavy (non-hydrogen) atoms. The second kappa shape index (κ2) is 10.8. The molecule has 0 bridgehead atoms. The van der Waals surface area contributed by atoms with Crippen molar-refractivity contribution in [3.8, 4) is 0 Å². The molecule has 0 saturated heterocycles. The van der Waals surface area contributed by atoms with Crippen molar-refractivity contribution >= 4 is 32.9 Å². The van der Waals surface area contributed by atoms with Crippen LogP contribution >= 0.6 is 0 Å². The Balaban J connectivity index is 1.80. The van der Waals surface area contributed by atoms with Crippen molar-refractivity contribution in [3.63, 3.8) is 0 Å². The number of aryl methyl sites for hydroxylation is 2. The number of aromatic nitrogens is 2. The first-order valence-electron chi connectivity index (χ1n) is 11.4. The number of carbonyl (C=O) groups is 2. The van der Waals surface area contributed by atoms with Crippen LogP contribution < -0.4 is 11.1 Å². The molecule has 10 heteroatoms. The predicted molar refractivity (Wildman–Crippen MR) is 130 cm³/mol. The summed E-state index contributed by atoms with van der Waals surface area (Å²) in [6.45, 7) is 6.95. The topological polar surface area (TPSA) is 127 Å². The van der Waals surface area contributed by atoms with Gasteiger partial charge in [0.25, 0.3) is 0 Å². The summed E-state index contributed by atoms with van der Waals surface area (Å²) in [5.74, 6) is -0.296. The lowest BCUT2D eigenvalue weighted by Crippen LogP contribution is -2.37. The SMILES string of the molecule is CCN(CC)S(=O)(=O)c1ccc2c(c1)nc(CCC(=O)NC(C(N)=O)c1ccccc1)n2CC. The summed E-state index contributed by atoms with van der Waals surface area (Å²) >= 11 is 0. The Labute approximate surface area is 200 Å². The number of nitrogens with zero attached hydrogens (tertiary/aromatic N) is 3. The number of hydrogen-bond donors (Lipinski definition) is 2. The first kappa shape index (κ1) is 25.4. The van der Waals surface area contributed by atoms with Crippen LogP contribution in [-0.2, 0) is 32.6 Å². The third-order valence-electron chi connectivity index (χ3n) is 5.76. The average molecular weight is 486 g/mol. The fourth-order valence-electron chi connectivity index (χ4n) is 4.00. The van der Waals surface area contributed by atoms with Gasteiger partial charge < -0.3 is 15.6 Å². The van der Waals surface area contributed by atoms with Crippen LogP contribution in [0, 0.1) is 0 Å². The monoisotopic (exact) mass is 485 g/mol. The molecule has 0 fully saturated rings. The number of imidazole rings is 1. The summed E-state index contributed by atoms with van der Waals surface area (Å²) in [5.41, 5.74) is 7.47. The Kier molecular flexibility index (Phi) is 8.06. The second-order valence-electron chi connectivity index (χ2n) is 7.83. The third-order valence-corrected chi connectivity index (χ3v) is 7.80. The number of nitrogens with two attached hydrogens (primary N) is 1. The predicted octanol–water partition coefficient (Wildman–Crippen LogP) is 2.36. The minimum absolute atomic E-state index is 0.102. The van der Waals surface area contributed by atoms with E-state index < -0.39 is 22.0 Å². The van der Waals surface area contributed by atoms with Gasteiger partial charge in [-0.15, -0.1) is 0 Å². The molecule has 1 aromatic heterocycles. The number of benzene rings is 2. The van der Waals surface area contributed by atoms with Gasteiger partial charge in [-0.05, 0) is 30.7 Å². The molecule has 1 heterocycles. The number of sulfonamides is 1. The van der Waals surface area contributed by atoms with Gasteiger partial charge in [0.05, 0.1) is 15.9 Å². The Bertz CT molecular complexity index is 1270. The van der Waals surface area contributed by atoms with E-state index in [0.717, 1.165) is 5.52 Å². The lowest BCUT2D eigenvalue weighted by Gasteiger charge is -2.18. The van der Waals surface area contributed by atoms with E-state index in [1.165, 1.54) is 4.31 Å². The van der Waals surface area contributed by atoms with Gasteiger partial charge >= 0.3 is 0 Å². The molecule has 0 saturated carbocycles. The normalized spacial score (nSPS) is 12.7. The molecule has 0 aliphatic rings. The van der Waals surface area contributed by atoms with Crippen LogP contribution in [0.2, 0.25) is 0 Å². The Morgan fingerprint density at radius 1 is 1.09 bits per heavy atom. The van der Waals surface area contributed by atoms with Crippen molar-refractivity contribution in [2.45, 2.75) is 51.1 Å². The Morgan fingerprint density at radius 2 is 1.76 bits per heavy atom. The molecule has 0 spiro atoms. The summed E-state index contributed by atoms with van der Waals surface area (Å²) in [6, 6.07) is 12.8. The quantitative estimate of drug-likeness (QED) is 0.431. The van der Waals surface area contributed by atoms with E-state index in [2.05, 4.69) is 10.3 Å². The minimum Gasteiger partial charge on any atom is -0.368 e. The molecule has 2 amide bonds. The van der Waals surface area contributed by atoms with Crippen LogP contribution in [0.25, 0.3) is 11.0 Å². The van der Waals surface area contributed by atoms with Gasteiger partial charge in [-0.25, -0.2) is 13.4 Å². The van der Waals surface area contributed by atoms with Crippen LogP contribution in [0.3, 0.4) is 0 Å². The van der Waals surface area contributed by atoms with Crippen molar-refractivity contribution in [2.24, 2.45) is 5.73 Å². The number of rotatable bonds is 11. The molecular weight excluding hydrogens is 454 g/mol. The number of primary amides is 1. The van der Waals surface area contributed by atoms with E-state index in [1.807, 2.05) is 17.6 Å². The smallest absolute Gasteiger partial charge is 0.244 e. The molecule has 2 aromatic carbocycles. The van der Waals surface area contributed by atoms with Crippen molar-refractivity contribution in [3.05, 3.63) is 59.9 Å². The lowest BCUT2D eigenvalue weighted by molar-refractivity contribution is -0.127. The van der Waals surface area contributed by atoms with Crippen LogP contribution in [0.4, 0.5) is 0 Å². The van der Waals surface area contributed by atoms with E-state index in [1.54, 1.807) is 56.3 Å². The van der Waals surface area contributed by atoms with Crippen molar-refractivity contribution in [1.82, 2.24) is 19.2 Å². The van der Waals surface area contributed by atoms with Crippen molar-refractivity contribution in [1.29, 1.82) is 0 Å². The van der Waals surface area contributed by atoms with Crippen LogP contribution in [0.15, 0.2) is 53.4 Å². The Hall–Kier alpha value is -3.24. The van der Waals surface area contributed by atoms with Crippen LogP contribution in [0.1, 0.15) is 44.6 Å². The zero-order valence-electron chi connectivity index (χ0n) is 19.7. The number of fused-ring (bicyclic) bond motifs is 1. The van der Waals surface area contributed by atoms with Crippen molar-refractivity contribution in [2.75, 3.05) is 13.1 Å². The number of carbonyl (C=O) groups excluding carboxylic acids is 2. The number of nitrogens with one attached hydrogen (secondary N) is 1. The van der Waals surface area contributed by atoms with E-state index in [0.29, 0.717) is 43.0 Å². The molecule has 1 unspecified atom stereocenters. The van der Waals surface area contributed by atoms with Gasteiger partial charge in [0.2, 0.25) is 21.8 Å². The lowest BCUT2D eigenvalue weighted by atomic mass is 10.1. The molecule has 3 aromatic rings. The van der Waals surface area contributed by atoms with E-state index in [4.69, 9.17) is 5.73 Å². The third kappa shape index (κ3) is 5.28. The number of amides is 2. The van der Waals surface area contributed by atoms with E-state index in [-0.39, 0.29) is 17.2 Å². The maximum atomic E-state index is 12.9. The maximum absolute atomic E-state index is 12.9. The zero-order chi connectivity index (χ0) is 24.9. The number of hydrogen-bond acceptors (Lipinski definition) is 5. The van der Waals surface area contributed by atoms with Gasteiger partial charge in [-0.1, -0.05) is 44.2 Å². The standard InChI is InChI=1S/C24H31N5O4S/c1-4-28(5-2)34(32,33)18-12-13-20-19(16-18)26-21(29(20)6-3)14-15-22(30)27-23(24(25)31)17-10-8-7-9-11-17/h7-13,16,23H,4-6,14-15H2,1-3H3,(H2,25,31)(H,27,30). The Morgan fingerprint density at radius 3 is 2.35 bits per heavy atom.